The van der Waals surface area contributed by atoms with Crippen LogP contribution in [-0.4, -0.2) is 52.4 Å². The molecule has 7 nitrogen and oxygen atoms in total. The number of halogens is 4. The van der Waals surface area contributed by atoms with Gasteiger partial charge >= 0.3 is 6.18 Å². The molecule has 2 aliphatic heterocycles. The third kappa shape index (κ3) is 6.01. The predicted octanol–water partition coefficient (Wildman–Crippen LogP) is 4.35. The first-order valence-corrected chi connectivity index (χ1v) is 12.1. The van der Waals surface area contributed by atoms with E-state index in [1.165, 1.54) is 0 Å². The second-order valence-electron chi connectivity index (χ2n) is 8.43. The number of hydrogen-bond donors (Lipinski definition) is 1. The normalized spacial score (nSPS) is 16.4. The second-order valence-corrected chi connectivity index (χ2v) is 9.40. The summed E-state index contributed by atoms with van der Waals surface area (Å²) in [5.74, 6) is -3.05. The van der Waals surface area contributed by atoms with Crippen LogP contribution >= 0.6 is 11.8 Å². The summed E-state index contributed by atoms with van der Waals surface area (Å²) in [7, 11) is 0. The topological polar surface area (TPSA) is 86.8 Å². The van der Waals surface area contributed by atoms with E-state index in [4.69, 9.17) is 0 Å². The van der Waals surface area contributed by atoms with Crippen LogP contribution in [0.4, 0.5) is 22.4 Å². The van der Waals surface area contributed by atoms with Crippen LogP contribution in [0.15, 0.2) is 59.0 Å². The Bertz CT molecular complexity index is 1270. The molecule has 2 saturated heterocycles. The molecule has 0 aromatic heterocycles. The Hall–Kier alpha value is -3.67. The van der Waals surface area contributed by atoms with Gasteiger partial charge in [-0.15, -0.1) is 0 Å². The van der Waals surface area contributed by atoms with Gasteiger partial charge in [0.05, 0.1) is 16.0 Å². The minimum atomic E-state index is -4.83. The maximum Gasteiger partial charge on any atom is 0.417 e. The highest BCUT2D eigenvalue weighted by Crippen LogP contribution is 2.37. The molecular formula is C25H21F4N3O4S. The Labute approximate surface area is 213 Å². The number of likely N-dealkylation sites (tertiary alicyclic amines) is 1. The largest absolute Gasteiger partial charge is 0.417 e. The average molecular weight is 536 g/mol. The molecule has 0 saturated carbocycles. The molecule has 0 aliphatic carbocycles. The van der Waals surface area contributed by atoms with Crippen LogP contribution in [-0.2, 0) is 22.3 Å². The number of rotatable bonds is 5. The molecule has 194 valence electrons. The van der Waals surface area contributed by atoms with E-state index in [0.29, 0.717) is 35.5 Å². The second kappa shape index (κ2) is 10.8. The van der Waals surface area contributed by atoms with Crippen molar-refractivity contribution >= 4 is 34.7 Å². The molecule has 4 amide bonds. The molecule has 2 aromatic rings. The molecule has 2 aromatic carbocycles. The molecule has 2 heterocycles. The van der Waals surface area contributed by atoms with Crippen molar-refractivity contribution in [3.8, 4) is 0 Å². The molecule has 37 heavy (non-hydrogen) atoms. The lowest BCUT2D eigenvalue weighted by Crippen LogP contribution is -2.40. The van der Waals surface area contributed by atoms with Crippen molar-refractivity contribution in [1.29, 1.82) is 0 Å². The first-order chi connectivity index (χ1) is 17.5. The minimum absolute atomic E-state index is 0.00886. The van der Waals surface area contributed by atoms with Crippen LogP contribution in [0, 0.1) is 5.82 Å². The summed E-state index contributed by atoms with van der Waals surface area (Å²) in [5.41, 5.74) is -0.571. The number of thioether (sulfide) groups is 1. The van der Waals surface area contributed by atoms with E-state index in [1.54, 1.807) is 0 Å². The summed E-state index contributed by atoms with van der Waals surface area (Å²) >= 11 is 0.694. The molecule has 0 unspecified atom stereocenters. The summed E-state index contributed by atoms with van der Waals surface area (Å²) in [6.07, 6.45) is -4.53. The summed E-state index contributed by atoms with van der Waals surface area (Å²) < 4.78 is 53.5. The fraction of sp³-hybridized carbons (Fsp3) is 0.280. The van der Waals surface area contributed by atoms with E-state index in [2.05, 4.69) is 5.32 Å². The van der Waals surface area contributed by atoms with Gasteiger partial charge in [-0.2, -0.15) is 13.2 Å². The molecule has 0 bridgehead atoms. The molecule has 0 atom stereocenters. The van der Waals surface area contributed by atoms with Crippen molar-refractivity contribution < 1.29 is 36.7 Å². The number of carbonyl (C=O) groups excluding carboxylic acids is 4. The van der Waals surface area contributed by atoms with Gasteiger partial charge in [0.2, 0.25) is 5.91 Å². The molecular weight excluding hydrogens is 514 g/mol. The van der Waals surface area contributed by atoms with E-state index in [-0.39, 0.29) is 37.4 Å². The van der Waals surface area contributed by atoms with E-state index in [1.807, 2.05) is 30.3 Å². The molecule has 1 N–H and O–H groups in total. The van der Waals surface area contributed by atoms with Gasteiger partial charge in [-0.3, -0.25) is 24.1 Å². The molecule has 2 fully saturated rings. The van der Waals surface area contributed by atoms with Gasteiger partial charge in [-0.05, 0) is 53.9 Å². The van der Waals surface area contributed by atoms with Crippen molar-refractivity contribution in [1.82, 2.24) is 15.1 Å². The van der Waals surface area contributed by atoms with Crippen molar-refractivity contribution in [2.24, 2.45) is 0 Å². The number of nitrogens with zero attached hydrogens (tertiary/aromatic N) is 2. The first-order valence-electron chi connectivity index (χ1n) is 11.3. The number of carbonyl (C=O) groups is 4. The monoisotopic (exact) mass is 535 g/mol. The third-order valence-corrected chi connectivity index (χ3v) is 7.04. The van der Waals surface area contributed by atoms with Gasteiger partial charge < -0.3 is 10.2 Å². The van der Waals surface area contributed by atoms with E-state index in [0.717, 1.165) is 15.4 Å². The van der Waals surface area contributed by atoms with Gasteiger partial charge in [0.15, 0.2) is 0 Å². The zero-order chi connectivity index (χ0) is 26.7. The highest BCUT2D eigenvalue weighted by Gasteiger charge is 2.40. The number of benzene rings is 2. The van der Waals surface area contributed by atoms with Gasteiger partial charge in [-0.1, -0.05) is 30.3 Å². The summed E-state index contributed by atoms with van der Waals surface area (Å²) in [6, 6.07) is 10.8. The Morgan fingerprint density at radius 1 is 1.00 bits per heavy atom. The van der Waals surface area contributed by atoms with Crippen LogP contribution in [0.1, 0.15) is 34.3 Å². The minimum Gasteiger partial charge on any atom is -0.350 e. The zero-order valence-corrected chi connectivity index (χ0v) is 20.1. The van der Waals surface area contributed by atoms with Crippen LogP contribution in [0.2, 0.25) is 0 Å². The zero-order valence-electron chi connectivity index (χ0n) is 19.3. The lowest BCUT2D eigenvalue weighted by Gasteiger charge is -2.30. The smallest absolute Gasteiger partial charge is 0.350 e. The number of imide groups is 1. The van der Waals surface area contributed by atoms with Crippen molar-refractivity contribution in [2.45, 2.75) is 25.6 Å². The standard InChI is InChI=1S/C25H21F4N3O4S/c26-17-6-7-19(25(27,28)29)18(12-17)22(34)31-10-8-16(9-11-31)21-23(35)32(24(36)37-21)14-20(33)30-13-15-4-2-1-3-5-15/h1-7,12H,8-11,13-14H2,(H,30,33). The summed E-state index contributed by atoms with van der Waals surface area (Å²) in [6.45, 7) is -0.225. The summed E-state index contributed by atoms with van der Waals surface area (Å²) in [5, 5.41) is 2.05. The first kappa shape index (κ1) is 26.4. The fourth-order valence-corrected chi connectivity index (χ4v) is 5.04. The SMILES string of the molecule is O=C(CN1C(=O)SC(=C2CCN(C(=O)c3cc(F)ccc3C(F)(F)F)CC2)C1=O)NCc1ccccc1. The molecule has 0 spiro atoms. The Kier molecular flexibility index (Phi) is 7.67. The van der Waals surface area contributed by atoms with Crippen LogP contribution in [0.25, 0.3) is 0 Å². The molecule has 4 rings (SSSR count). The lowest BCUT2D eigenvalue weighted by molar-refractivity contribution is -0.138. The Balaban J connectivity index is 1.39. The fourth-order valence-electron chi connectivity index (χ4n) is 4.07. The maximum absolute atomic E-state index is 13.6. The lowest BCUT2D eigenvalue weighted by atomic mass is 10.00. The van der Waals surface area contributed by atoms with Gasteiger partial charge in [0.1, 0.15) is 12.4 Å². The van der Waals surface area contributed by atoms with E-state index in [9.17, 15) is 36.7 Å². The van der Waals surface area contributed by atoms with Gasteiger partial charge in [0.25, 0.3) is 17.1 Å². The van der Waals surface area contributed by atoms with Gasteiger partial charge in [-0.25, -0.2) is 4.39 Å². The highest BCUT2D eigenvalue weighted by molar-refractivity contribution is 8.18. The molecule has 12 heteroatoms. The van der Waals surface area contributed by atoms with Crippen molar-refractivity contribution in [3.05, 3.63) is 81.5 Å². The third-order valence-electron chi connectivity index (χ3n) is 5.98. The number of alkyl halides is 3. The van der Waals surface area contributed by atoms with Crippen molar-refractivity contribution in [2.75, 3.05) is 19.6 Å². The summed E-state index contributed by atoms with van der Waals surface area (Å²) in [4.78, 5) is 52.5. The molecule has 2 aliphatic rings. The van der Waals surface area contributed by atoms with Crippen molar-refractivity contribution in [3.63, 3.8) is 0 Å². The Morgan fingerprint density at radius 2 is 1.68 bits per heavy atom. The highest BCUT2D eigenvalue weighted by atomic mass is 32.2. The maximum atomic E-state index is 13.6. The van der Waals surface area contributed by atoms with Crippen LogP contribution in [0.3, 0.4) is 0 Å². The molecule has 0 radical (unpaired) electrons. The predicted molar refractivity (Wildman–Crippen MR) is 127 cm³/mol. The number of amides is 4. The average Bonchev–Trinajstić information content (AvgIpc) is 3.15. The number of hydrogen-bond acceptors (Lipinski definition) is 5. The van der Waals surface area contributed by atoms with Gasteiger partial charge in [0, 0.05) is 19.6 Å². The van der Waals surface area contributed by atoms with Crippen LogP contribution in [0.5, 0.6) is 0 Å². The van der Waals surface area contributed by atoms with E-state index < -0.39 is 52.6 Å². The van der Waals surface area contributed by atoms with E-state index >= 15 is 0 Å². The van der Waals surface area contributed by atoms with Crippen LogP contribution < -0.4 is 5.32 Å². The number of piperidine rings is 1. The quantitative estimate of drug-likeness (QED) is 0.455. The number of nitrogens with one attached hydrogen (secondary N) is 1. The Morgan fingerprint density at radius 3 is 2.32 bits per heavy atom.